The molecule has 0 atom stereocenters. The van der Waals surface area contributed by atoms with Gasteiger partial charge in [0, 0.05) is 12.2 Å². The number of rotatable bonds is 8. The van der Waals surface area contributed by atoms with Crippen LogP contribution >= 0.6 is 12.2 Å². The summed E-state index contributed by atoms with van der Waals surface area (Å²) in [6, 6.07) is 17.2. The molecule has 0 heterocycles. The van der Waals surface area contributed by atoms with Crippen molar-refractivity contribution < 1.29 is 9.53 Å². The van der Waals surface area contributed by atoms with Gasteiger partial charge >= 0.3 is 0 Å². The number of nitrogens with one attached hydrogen (secondary N) is 2. The van der Waals surface area contributed by atoms with E-state index in [0.717, 1.165) is 25.3 Å². The van der Waals surface area contributed by atoms with Crippen LogP contribution in [0.3, 0.4) is 0 Å². The summed E-state index contributed by atoms with van der Waals surface area (Å²) >= 11 is 5.18. The number of carbonyl (C=O) groups is 1. The van der Waals surface area contributed by atoms with Crippen molar-refractivity contribution in [3.63, 3.8) is 0 Å². The van der Waals surface area contributed by atoms with Crippen LogP contribution in [-0.4, -0.2) is 35.6 Å². The van der Waals surface area contributed by atoms with Gasteiger partial charge in [-0.1, -0.05) is 44.2 Å². The first-order chi connectivity index (χ1) is 12.6. The first kappa shape index (κ1) is 19.9. The number of thiocarbonyl (C=S) groups is 1. The molecular formula is C20H25N3O2S. The molecule has 2 N–H and O–H groups in total. The minimum absolute atomic E-state index is 0.0886. The number of hydrogen-bond donors (Lipinski definition) is 2. The van der Waals surface area contributed by atoms with Crippen molar-refractivity contribution in [2.45, 2.75) is 20.4 Å². The van der Waals surface area contributed by atoms with Crippen LogP contribution in [0.1, 0.15) is 19.4 Å². The maximum absolute atomic E-state index is 11.9. The Morgan fingerprint density at radius 2 is 1.69 bits per heavy atom. The molecule has 0 saturated heterocycles. The Morgan fingerprint density at radius 1 is 1.04 bits per heavy atom. The predicted molar refractivity (Wildman–Crippen MR) is 109 cm³/mol. The maximum atomic E-state index is 11.9. The van der Waals surface area contributed by atoms with E-state index in [9.17, 15) is 4.79 Å². The zero-order chi connectivity index (χ0) is 18.8. The molecule has 0 unspecified atom stereocenters. The highest BCUT2D eigenvalue weighted by atomic mass is 32.1. The summed E-state index contributed by atoms with van der Waals surface area (Å²) in [6.07, 6.45) is 0. The zero-order valence-electron chi connectivity index (χ0n) is 15.2. The van der Waals surface area contributed by atoms with E-state index in [1.165, 1.54) is 5.56 Å². The molecule has 138 valence electrons. The first-order valence-electron chi connectivity index (χ1n) is 8.70. The predicted octanol–water partition coefficient (Wildman–Crippen LogP) is 3.42. The van der Waals surface area contributed by atoms with Crippen molar-refractivity contribution in [3.05, 3.63) is 60.2 Å². The third-order valence-electron chi connectivity index (χ3n) is 3.88. The van der Waals surface area contributed by atoms with Crippen LogP contribution in [0, 0.1) is 0 Å². The highest BCUT2D eigenvalue weighted by Gasteiger charge is 2.06. The number of anilines is 1. The minimum Gasteiger partial charge on any atom is -0.484 e. The molecule has 0 radical (unpaired) electrons. The van der Waals surface area contributed by atoms with Gasteiger partial charge in [0.1, 0.15) is 5.75 Å². The fourth-order valence-electron chi connectivity index (χ4n) is 2.39. The number of para-hydroxylation sites is 1. The average molecular weight is 372 g/mol. The molecule has 0 saturated carbocycles. The van der Waals surface area contributed by atoms with Gasteiger partial charge < -0.3 is 10.1 Å². The second-order valence-electron chi connectivity index (χ2n) is 5.76. The quantitative estimate of drug-likeness (QED) is 0.697. The minimum atomic E-state index is -0.301. The van der Waals surface area contributed by atoms with Gasteiger partial charge in [-0.25, -0.2) is 0 Å². The Hall–Kier alpha value is -2.44. The van der Waals surface area contributed by atoms with Crippen LogP contribution in [0.15, 0.2) is 54.6 Å². The molecule has 0 bridgehead atoms. The van der Waals surface area contributed by atoms with Crippen molar-refractivity contribution >= 4 is 28.9 Å². The molecule has 0 aliphatic rings. The summed E-state index contributed by atoms with van der Waals surface area (Å²) in [5.74, 6) is 0.342. The molecule has 0 aliphatic carbocycles. The molecule has 1 amide bonds. The van der Waals surface area contributed by atoms with E-state index >= 15 is 0 Å². The van der Waals surface area contributed by atoms with Crippen LogP contribution in [0.25, 0.3) is 0 Å². The van der Waals surface area contributed by atoms with Crippen molar-refractivity contribution in [2.24, 2.45) is 0 Å². The average Bonchev–Trinajstić information content (AvgIpc) is 2.66. The Labute approximate surface area is 160 Å². The van der Waals surface area contributed by atoms with E-state index in [2.05, 4.69) is 41.5 Å². The van der Waals surface area contributed by atoms with Gasteiger partial charge in [0.05, 0.1) is 0 Å². The lowest BCUT2D eigenvalue weighted by molar-refractivity contribution is -0.121. The Morgan fingerprint density at radius 3 is 2.31 bits per heavy atom. The maximum Gasteiger partial charge on any atom is 0.264 e. The number of amides is 1. The summed E-state index contributed by atoms with van der Waals surface area (Å²) in [4.78, 5) is 14.2. The lowest BCUT2D eigenvalue weighted by atomic mass is 10.2. The number of benzene rings is 2. The number of nitrogens with zero attached hydrogens (tertiary/aromatic N) is 1. The summed E-state index contributed by atoms with van der Waals surface area (Å²) in [7, 11) is 0. The second kappa shape index (κ2) is 10.5. The normalized spacial score (nSPS) is 10.4. The Balaban J connectivity index is 1.77. The van der Waals surface area contributed by atoms with E-state index in [4.69, 9.17) is 17.0 Å². The highest BCUT2D eigenvalue weighted by Crippen LogP contribution is 2.11. The molecule has 0 spiro atoms. The SMILES string of the molecule is CCN(CC)Cc1ccc(NC(=S)NC(=O)COc2ccccc2)cc1. The Kier molecular flexibility index (Phi) is 8.05. The summed E-state index contributed by atoms with van der Waals surface area (Å²) in [5.41, 5.74) is 2.08. The molecule has 5 nitrogen and oxygen atoms in total. The topological polar surface area (TPSA) is 53.6 Å². The van der Waals surface area contributed by atoms with Crippen molar-refractivity contribution in [1.29, 1.82) is 0 Å². The van der Waals surface area contributed by atoms with Gasteiger partial charge in [0.2, 0.25) is 0 Å². The van der Waals surface area contributed by atoms with Crippen molar-refractivity contribution in [3.8, 4) is 5.75 Å². The molecule has 2 aromatic carbocycles. The lowest BCUT2D eigenvalue weighted by Gasteiger charge is -2.18. The molecule has 0 fully saturated rings. The van der Waals surface area contributed by atoms with Crippen molar-refractivity contribution in [1.82, 2.24) is 10.2 Å². The van der Waals surface area contributed by atoms with Gasteiger partial charge in [-0.15, -0.1) is 0 Å². The van der Waals surface area contributed by atoms with Gasteiger partial charge in [0.15, 0.2) is 11.7 Å². The summed E-state index contributed by atoms with van der Waals surface area (Å²) in [5, 5.41) is 5.87. The summed E-state index contributed by atoms with van der Waals surface area (Å²) < 4.78 is 5.39. The van der Waals surface area contributed by atoms with Gasteiger partial charge in [-0.2, -0.15) is 0 Å². The van der Waals surface area contributed by atoms with Crippen LogP contribution in [0.2, 0.25) is 0 Å². The fraction of sp³-hybridized carbons (Fsp3) is 0.300. The van der Waals surface area contributed by atoms with E-state index in [0.29, 0.717) is 5.75 Å². The van der Waals surface area contributed by atoms with Crippen LogP contribution in [0.5, 0.6) is 5.75 Å². The van der Waals surface area contributed by atoms with E-state index in [1.807, 2.05) is 30.3 Å². The smallest absolute Gasteiger partial charge is 0.264 e. The second-order valence-corrected chi connectivity index (χ2v) is 6.17. The van der Waals surface area contributed by atoms with Crippen LogP contribution in [0.4, 0.5) is 5.69 Å². The molecule has 2 rings (SSSR count). The van der Waals surface area contributed by atoms with Gasteiger partial charge in [-0.05, 0) is 55.1 Å². The molecule has 26 heavy (non-hydrogen) atoms. The standard InChI is InChI=1S/C20H25N3O2S/c1-3-23(4-2)14-16-10-12-17(13-11-16)21-20(26)22-19(24)15-25-18-8-6-5-7-9-18/h5-13H,3-4,14-15H2,1-2H3,(H2,21,22,24,26). The third-order valence-corrected chi connectivity index (χ3v) is 4.08. The molecule has 0 aliphatic heterocycles. The number of hydrogen-bond acceptors (Lipinski definition) is 4. The van der Waals surface area contributed by atoms with Gasteiger partial charge in [-0.3, -0.25) is 15.0 Å². The highest BCUT2D eigenvalue weighted by molar-refractivity contribution is 7.80. The fourth-order valence-corrected chi connectivity index (χ4v) is 2.62. The molecular weight excluding hydrogens is 346 g/mol. The third kappa shape index (κ3) is 6.82. The molecule has 0 aromatic heterocycles. The Bertz CT molecular complexity index is 701. The monoisotopic (exact) mass is 371 g/mol. The van der Waals surface area contributed by atoms with Crippen LogP contribution < -0.4 is 15.4 Å². The molecule has 6 heteroatoms. The zero-order valence-corrected chi connectivity index (χ0v) is 16.0. The number of ether oxygens (including phenoxy) is 1. The summed E-state index contributed by atoms with van der Waals surface area (Å²) in [6.45, 7) is 7.19. The van der Waals surface area contributed by atoms with Gasteiger partial charge in [0.25, 0.3) is 5.91 Å². The van der Waals surface area contributed by atoms with E-state index in [1.54, 1.807) is 12.1 Å². The van der Waals surface area contributed by atoms with Crippen LogP contribution in [-0.2, 0) is 11.3 Å². The molecule has 2 aromatic rings. The first-order valence-corrected chi connectivity index (χ1v) is 9.11. The van der Waals surface area contributed by atoms with Crippen molar-refractivity contribution in [2.75, 3.05) is 25.0 Å². The van der Waals surface area contributed by atoms with E-state index < -0.39 is 0 Å². The van der Waals surface area contributed by atoms with E-state index in [-0.39, 0.29) is 17.6 Å². The lowest BCUT2D eigenvalue weighted by Crippen LogP contribution is -2.37. The number of carbonyl (C=O) groups excluding carboxylic acids is 1. The largest absolute Gasteiger partial charge is 0.484 e.